The van der Waals surface area contributed by atoms with Gasteiger partial charge < -0.3 is 10.2 Å². The van der Waals surface area contributed by atoms with Crippen molar-refractivity contribution in [2.45, 2.75) is 25.8 Å². The Kier molecular flexibility index (Phi) is 5.03. The van der Waals surface area contributed by atoms with Gasteiger partial charge in [-0.2, -0.15) is 0 Å². The largest absolute Gasteiger partial charge is 0.378 e. The van der Waals surface area contributed by atoms with Crippen LogP contribution in [0.5, 0.6) is 0 Å². The Labute approximate surface area is 128 Å². The van der Waals surface area contributed by atoms with Crippen LogP contribution in [-0.2, 0) is 0 Å². The average Bonchev–Trinajstić information content (AvgIpc) is 2.49. The molecule has 2 nitrogen and oxygen atoms in total. The van der Waals surface area contributed by atoms with Crippen molar-refractivity contribution in [3.05, 3.63) is 65.2 Å². The quantitative estimate of drug-likeness (QED) is 0.885. The van der Waals surface area contributed by atoms with E-state index < -0.39 is 0 Å². The molecule has 0 spiro atoms. The summed E-state index contributed by atoms with van der Waals surface area (Å²) < 4.78 is 0. The molecule has 1 atom stereocenters. The highest BCUT2D eigenvalue weighted by Crippen LogP contribution is 2.25. The Morgan fingerprint density at radius 3 is 1.57 bits per heavy atom. The molecule has 0 amide bonds. The molecule has 0 aromatic heterocycles. The van der Waals surface area contributed by atoms with Crippen molar-refractivity contribution in [2.24, 2.45) is 0 Å². The van der Waals surface area contributed by atoms with Crippen molar-refractivity contribution >= 4 is 5.69 Å². The summed E-state index contributed by atoms with van der Waals surface area (Å²) in [6, 6.07) is 17.9. The summed E-state index contributed by atoms with van der Waals surface area (Å²) in [6.45, 7) is 4.45. The van der Waals surface area contributed by atoms with Crippen molar-refractivity contribution in [2.75, 3.05) is 26.0 Å². The molecule has 0 radical (unpaired) electrons. The van der Waals surface area contributed by atoms with E-state index in [2.05, 4.69) is 86.7 Å². The lowest BCUT2D eigenvalue weighted by molar-refractivity contribution is 0.691. The fourth-order valence-corrected chi connectivity index (χ4v) is 2.56. The number of anilines is 1. The van der Waals surface area contributed by atoms with Gasteiger partial charge in [-0.25, -0.2) is 0 Å². The molecule has 0 bridgehead atoms. The van der Waals surface area contributed by atoms with E-state index in [-0.39, 0.29) is 6.04 Å². The summed E-state index contributed by atoms with van der Waals surface area (Å²) in [5.41, 5.74) is 5.21. The first kappa shape index (κ1) is 15.6. The van der Waals surface area contributed by atoms with Crippen LogP contribution >= 0.6 is 0 Å². The van der Waals surface area contributed by atoms with E-state index in [0.717, 1.165) is 0 Å². The lowest BCUT2D eigenvalue weighted by Gasteiger charge is -2.20. The van der Waals surface area contributed by atoms with Crippen LogP contribution in [0.2, 0.25) is 0 Å². The van der Waals surface area contributed by atoms with Gasteiger partial charge in [0.25, 0.3) is 0 Å². The molecular formula is C19H26N2. The number of hydrogen-bond acceptors (Lipinski definition) is 2. The zero-order chi connectivity index (χ0) is 15.4. The predicted octanol–water partition coefficient (Wildman–Crippen LogP) is 4.18. The van der Waals surface area contributed by atoms with E-state index in [1.807, 2.05) is 7.05 Å². The molecule has 1 N–H and O–H groups in total. The van der Waals surface area contributed by atoms with Gasteiger partial charge in [0.05, 0.1) is 6.04 Å². The molecule has 0 saturated carbocycles. The van der Waals surface area contributed by atoms with Gasteiger partial charge in [0, 0.05) is 19.8 Å². The smallest absolute Gasteiger partial charge is 0.0574 e. The van der Waals surface area contributed by atoms with Gasteiger partial charge in [0.15, 0.2) is 0 Å². The lowest BCUT2D eigenvalue weighted by atomic mass is 9.95. The van der Waals surface area contributed by atoms with Crippen molar-refractivity contribution in [3.8, 4) is 0 Å². The van der Waals surface area contributed by atoms with Crippen molar-refractivity contribution < 1.29 is 0 Å². The highest BCUT2D eigenvalue weighted by atomic mass is 15.1. The number of nitrogens with one attached hydrogen (secondary N) is 1. The standard InChI is InChI=1S/C19H26N2/c1-14(2)15-6-8-16(9-7-15)19(20-3)17-10-12-18(13-11-17)21(4)5/h6-14,19-20H,1-5H3. The molecule has 0 fully saturated rings. The Hall–Kier alpha value is -1.80. The summed E-state index contributed by atoms with van der Waals surface area (Å²) in [5.74, 6) is 0.575. The molecule has 21 heavy (non-hydrogen) atoms. The molecule has 112 valence electrons. The fraction of sp³-hybridized carbons (Fsp3) is 0.368. The van der Waals surface area contributed by atoms with E-state index in [1.54, 1.807) is 0 Å². The molecule has 2 heteroatoms. The molecule has 1 unspecified atom stereocenters. The molecule has 2 rings (SSSR count). The zero-order valence-corrected chi connectivity index (χ0v) is 13.7. The number of hydrogen-bond donors (Lipinski definition) is 1. The van der Waals surface area contributed by atoms with Gasteiger partial charge in [-0.15, -0.1) is 0 Å². The summed E-state index contributed by atoms with van der Waals surface area (Å²) >= 11 is 0. The maximum absolute atomic E-state index is 3.42. The Bertz CT molecular complexity index is 502. The van der Waals surface area contributed by atoms with Crippen LogP contribution < -0.4 is 10.2 Å². The first-order chi connectivity index (χ1) is 10.0. The summed E-state index contributed by atoms with van der Waals surface area (Å²) in [7, 11) is 6.14. The Morgan fingerprint density at radius 1 is 0.762 bits per heavy atom. The summed E-state index contributed by atoms with van der Waals surface area (Å²) in [5, 5.41) is 3.42. The first-order valence-electron chi connectivity index (χ1n) is 7.57. The minimum atomic E-state index is 0.238. The van der Waals surface area contributed by atoms with Crippen LogP contribution in [0.15, 0.2) is 48.5 Å². The number of nitrogens with zero attached hydrogens (tertiary/aromatic N) is 1. The highest BCUT2D eigenvalue weighted by molar-refractivity contribution is 5.47. The van der Waals surface area contributed by atoms with Crippen LogP contribution in [0.4, 0.5) is 5.69 Å². The minimum absolute atomic E-state index is 0.238. The van der Waals surface area contributed by atoms with E-state index >= 15 is 0 Å². The van der Waals surface area contributed by atoms with E-state index in [0.29, 0.717) is 5.92 Å². The second kappa shape index (κ2) is 6.77. The summed E-state index contributed by atoms with van der Waals surface area (Å²) in [6.07, 6.45) is 0. The monoisotopic (exact) mass is 282 g/mol. The van der Waals surface area contributed by atoms with E-state index in [9.17, 15) is 0 Å². The van der Waals surface area contributed by atoms with Gasteiger partial charge in [0.1, 0.15) is 0 Å². The molecule has 0 heterocycles. The zero-order valence-electron chi connectivity index (χ0n) is 13.7. The van der Waals surface area contributed by atoms with Crippen molar-refractivity contribution in [1.29, 1.82) is 0 Å². The summed E-state index contributed by atoms with van der Waals surface area (Å²) in [4.78, 5) is 2.12. The Balaban J connectivity index is 2.26. The second-order valence-corrected chi connectivity index (χ2v) is 6.03. The maximum Gasteiger partial charge on any atom is 0.0574 e. The lowest BCUT2D eigenvalue weighted by Crippen LogP contribution is -2.18. The first-order valence-corrected chi connectivity index (χ1v) is 7.57. The average molecular weight is 282 g/mol. The molecule has 2 aromatic rings. The van der Waals surface area contributed by atoms with Gasteiger partial charge in [-0.05, 0) is 41.8 Å². The SMILES string of the molecule is CNC(c1ccc(C(C)C)cc1)c1ccc(N(C)C)cc1. The van der Waals surface area contributed by atoms with Gasteiger partial charge in [-0.3, -0.25) is 0 Å². The van der Waals surface area contributed by atoms with Crippen LogP contribution in [0, 0.1) is 0 Å². The van der Waals surface area contributed by atoms with E-state index in [1.165, 1.54) is 22.4 Å². The van der Waals surface area contributed by atoms with Crippen LogP contribution in [0.25, 0.3) is 0 Å². The number of rotatable bonds is 5. The van der Waals surface area contributed by atoms with Crippen molar-refractivity contribution in [3.63, 3.8) is 0 Å². The number of benzene rings is 2. The van der Waals surface area contributed by atoms with Gasteiger partial charge in [0.2, 0.25) is 0 Å². The van der Waals surface area contributed by atoms with Crippen molar-refractivity contribution in [1.82, 2.24) is 5.32 Å². The molecule has 0 aliphatic heterocycles. The molecule has 0 aliphatic rings. The molecule has 0 saturated heterocycles. The predicted molar refractivity (Wildman–Crippen MR) is 92.2 cm³/mol. The third kappa shape index (κ3) is 3.64. The van der Waals surface area contributed by atoms with E-state index in [4.69, 9.17) is 0 Å². The molecular weight excluding hydrogens is 256 g/mol. The minimum Gasteiger partial charge on any atom is -0.378 e. The fourth-order valence-electron chi connectivity index (χ4n) is 2.56. The van der Waals surface area contributed by atoms with Crippen LogP contribution in [-0.4, -0.2) is 21.1 Å². The topological polar surface area (TPSA) is 15.3 Å². The highest BCUT2D eigenvalue weighted by Gasteiger charge is 2.12. The third-order valence-corrected chi connectivity index (χ3v) is 3.97. The van der Waals surface area contributed by atoms with Crippen LogP contribution in [0.3, 0.4) is 0 Å². The maximum atomic E-state index is 3.42. The van der Waals surface area contributed by atoms with Crippen LogP contribution in [0.1, 0.15) is 42.5 Å². The van der Waals surface area contributed by atoms with Gasteiger partial charge in [-0.1, -0.05) is 50.2 Å². The molecule has 2 aromatic carbocycles. The van der Waals surface area contributed by atoms with Gasteiger partial charge >= 0.3 is 0 Å². The molecule has 0 aliphatic carbocycles. The normalized spacial score (nSPS) is 12.5. The Morgan fingerprint density at radius 2 is 1.19 bits per heavy atom. The third-order valence-electron chi connectivity index (χ3n) is 3.97. The second-order valence-electron chi connectivity index (χ2n) is 6.03.